The summed E-state index contributed by atoms with van der Waals surface area (Å²) in [5.74, 6) is -2.35. The summed E-state index contributed by atoms with van der Waals surface area (Å²) < 4.78 is 37.2. The predicted molar refractivity (Wildman–Crippen MR) is 92.9 cm³/mol. The molecule has 1 saturated carbocycles. The number of hydrogen-bond donors (Lipinski definition) is 3. The van der Waals surface area contributed by atoms with Gasteiger partial charge in [-0.2, -0.15) is 0 Å². The van der Waals surface area contributed by atoms with Gasteiger partial charge in [0.2, 0.25) is 5.92 Å². The second-order valence-corrected chi connectivity index (χ2v) is 6.62. The molecule has 0 atom stereocenters. The van der Waals surface area contributed by atoms with E-state index in [9.17, 15) is 18.7 Å². The van der Waals surface area contributed by atoms with Crippen LogP contribution >= 0.6 is 0 Å². The first-order chi connectivity index (χ1) is 12.3. The van der Waals surface area contributed by atoms with E-state index in [1.165, 1.54) is 13.2 Å². The Hall–Kier alpha value is -1.93. The van der Waals surface area contributed by atoms with Gasteiger partial charge < -0.3 is 25.6 Å². The molecule has 0 radical (unpaired) electrons. The first kappa shape index (κ1) is 20.4. The third kappa shape index (κ3) is 5.54. The summed E-state index contributed by atoms with van der Waals surface area (Å²) in [6.07, 6.45) is -0.241. The van der Waals surface area contributed by atoms with E-state index in [0.717, 1.165) is 0 Å². The monoisotopic (exact) mass is 372 g/mol. The van der Waals surface area contributed by atoms with Crippen LogP contribution in [0.3, 0.4) is 0 Å². The van der Waals surface area contributed by atoms with Gasteiger partial charge in [-0.25, -0.2) is 8.78 Å². The van der Waals surface area contributed by atoms with E-state index in [0.29, 0.717) is 31.1 Å². The summed E-state index contributed by atoms with van der Waals surface area (Å²) in [6, 6.07) is 4.83. The van der Waals surface area contributed by atoms with E-state index < -0.39 is 17.4 Å². The highest BCUT2D eigenvalue weighted by molar-refractivity contribution is 5.97. The van der Waals surface area contributed by atoms with Gasteiger partial charge in [0.25, 0.3) is 5.91 Å². The maximum absolute atomic E-state index is 13.3. The largest absolute Gasteiger partial charge is 0.497 e. The molecule has 0 unspecified atom stereocenters. The van der Waals surface area contributed by atoms with Crippen LogP contribution in [0.5, 0.6) is 11.5 Å². The second kappa shape index (κ2) is 8.64. The minimum absolute atomic E-state index is 0.0573. The number of rotatable bonds is 8. The third-order valence-corrected chi connectivity index (χ3v) is 4.53. The number of hydrogen-bond acceptors (Lipinski definition) is 5. The standard InChI is InChI=1S/C18H26F2N2O4/c1-25-13-3-4-15(26-10-2-9-21)14(11-13)16(23)22-12-17(24)5-7-18(19,20)8-6-17/h3-4,11,24H,2,5-10,12,21H2,1H3,(H,22,23). The Bertz CT molecular complexity index is 615. The van der Waals surface area contributed by atoms with Crippen LogP contribution in [0.4, 0.5) is 8.78 Å². The van der Waals surface area contributed by atoms with Gasteiger partial charge in [-0.05, 0) is 44.0 Å². The summed E-state index contributed by atoms with van der Waals surface area (Å²) in [7, 11) is 1.48. The lowest BCUT2D eigenvalue weighted by Crippen LogP contribution is -2.47. The van der Waals surface area contributed by atoms with E-state index in [-0.39, 0.29) is 37.8 Å². The zero-order valence-electron chi connectivity index (χ0n) is 14.9. The second-order valence-electron chi connectivity index (χ2n) is 6.62. The first-order valence-electron chi connectivity index (χ1n) is 8.68. The van der Waals surface area contributed by atoms with Crippen LogP contribution in [-0.2, 0) is 0 Å². The molecule has 0 bridgehead atoms. The van der Waals surface area contributed by atoms with Crippen molar-refractivity contribution in [3.05, 3.63) is 23.8 Å². The molecule has 0 aromatic heterocycles. The molecule has 1 aliphatic rings. The highest BCUT2D eigenvalue weighted by Crippen LogP contribution is 2.38. The quantitative estimate of drug-likeness (QED) is 0.608. The van der Waals surface area contributed by atoms with Crippen molar-refractivity contribution < 1.29 is 28.2 Å². The molecule has 146 valence electrons. The summed E-state index contributed by atoms with van der Waals surface area (Å²) in [5, 5.41) is 13.0. The SMILES string of the molecule is COc1ccc(OCCCN)c(C(=O)NCC2(O)CCC(F)(F)CC2)c1. The van der Waals surface area contributed by atoms with E-state index in [1.807, 2.05) is 0 Å². The van der Waals surface area contributed by atoms with Crippen LogP contribution in [0, 0.1) is 0 Å². The Morgan fingerprint density at radius 2 is 2.00 bits per heavy atom. The van der Waals surface area contributed by atoms with Crippen molar-refractivity contribution in [2.45, 2.75) is 43.6 Å². The number of aliphatic hydroxyl groups is 1. The van der Waals surface area contributed by atoms with Gasteiger partial charge in [-0.1, -0.05) is 0 Å². The zero-order chi connectivity index (χ0) is 19.2. The number of ether oxygens (including phenoxy) is 2. The molecule has 26 heavy (non-hydrogen) atoms. The normalized spacial score (nSPS) is 18.2. The smallest absolute Gasteiger partial charge is 0.255 e. The van der Waals surface area contributed by atoms with E-state index in [4.69, 9.17) is 15.2 Å². The van der Waals surface area contributed by atoms with Gasteiger partial charge >= 0.3 is 0 Å². The molecule has 0 aliphatic heterocycles. The summed E-state index contributed by atoms with van der Waals surface area (Å²) in [6.45, 7) is 0.735. The minimum Gasteiger partial charge on any atom is -0.497 e. The average molecular weight is 372 g/mol. The van der Waals surface area contributed by atoms with E-state index >= 15 is 0 Å². The number of carbonyl (C=O) groups is 1. The van der Waals surface area contributed by atoms with E-state index in [1.54, 1.807) is 12.1 Å². The van der Waals surface area contributed by atoms with Crippen LogP contribution in [0.15, 0.2) is 18.2 Å². The first-order valence-corrected chi connectivity index (χ1v) is 8.68. The Morgan fingerprint density at radius 1 is 1.31 bits per heavy atom. The molecule has 0 spiro atoms. The summed E-state index contributed by atoms with van der Waals surface area (Å²) >= 11 is 0. The van der Waals surface area contributed by atoms with Crippen molar-refractivity contribution in [3.8, 4) is 11.5 Å². The maximum Gasteiger partial charge on any atom is 0.255 e. The fourth-order valence-electron chi connectivity index (χ4n) is 2.80. The van der Waals surface area contributed by atoms with Crippen LogP contribution in [0.25, 0.3) is 0 Å². The molecule has 0 heterocycles. The number of amides is 1. The molecule has 1 aromatic rings. The topological polar surface area (TPSA) is 93.8 Å². The van der Waals surface area contributed by atoms with E-state index in [2.05, 4.69) is 5.32 Å². The average Bonchev–Trinajstić information content (AvgIpc) is 2.63. The van der Waals surface area contributed by atoms with Crippen molar-refractivity contribution in [1.82, 2.24) is 5.32 Å². The van der Waals surface area contributed by atoms with Crippen molar-refractivity contribution in [2.75, 3.05) is 26.8 Å². The molecule has 1 amide bonds. The molecular weight excluding hydrogens is 346 g/mol. The van der Waals surface area contributed by atoms with Gasteiger partial charge in [0.15, 0.2) is 0 Å². The minimum atomic E-state index is -2.74. The Morgan fingerprint density at radius 3 is 2.62 bits per heavy atom. The van der Waals surface area contributed by atoms with Gasteiger partial charge in [0, 0.05) is 19.4 Å². The molecule has 2 rings (SSSR count). The molecule has 8 heteroatoms. The van der Waals surface area contributed by atoms with Crippen LogP contribution in [0.1, 0.15) is 42.5 Å². The van der Waals surface area contributed by atoms with Gasteiger partial charge in [0.1, 0.15) is 11.5 Å². The number of carbonyl (C=O) groups excluding carboxylic acids is 1. The van der Waals surface area contributed by atoms with Crippen molar-refractivity contribution in [3.63, 3.8) is 0 Å². The predicted octanol–water partition coefficient (Wildman–Crippen LogP) is 2.09. The molecule has 1 fully saturated rings. The molecule has 4 N–H and O–H groups in total. The van der Waals surface area contributed by atoms with Crippen LogP contribution in [-0.4, -0.2) is 49.3 Å². The third-order valence-electron chi connectivity index (χ3n) is 4.53. The highest BCUT2D eigenvalue weighted by Gasteiger charge is 2.42. The molecule has 0 saturated heterocycles. The molecule has 1 aromatic carbocycles. The van der Waals surface area contributed by atoms with Crippen molar-refractivity contribution >= 4 is 5.91 Å². The van der Waals surface area contributed by atoms with Crippen LogP contribution in [0.2, 0.25) is 0 Å². The Balaban J connectivity index is 2.03. The van der Waals surface area contributed by atoms with Crippen LogP contribution < -0.4 is 20.5 Å². The summed E-state index contributed by atoms with van der Waals surface area (Å²) in [5.41, 5.74) is 4.37. The lowest BCUT2D eigenvalue weighted by Gasteiger charge is -2.35. The highest BCUT2D eigenvalue weighted by atomic mass is 19.3. The number of alkyl halides is 2. The van der Waals surface area contributed by atoms with Gasteiger partial charge in [-0.15, -0.1) is 0 Å². The van der Waals surface area contributed by atoms with Crippen molar-refractivity contribution in [2.24, 2.45) is 5.73 Å². The maximum atomic E-state index is 13.3. The van der Waals surface area contributed by atoms with Gasteiger partial charge in [-0.3, -0.25) is 4.79 Å². The van der Waals surface area contributed by atoms with Crippen molar-refractivity contribution in [1.29, 1.82) is 0 Å². The molecule has 6 nitrogen and oxygen atoms in total. The number of nitrogens with two attached hydrogens (primary N) is 1. The number of halogens is 2. The molecule has 1 aliphatic carbocycles. The molecular formula is C18H26F2N2O4. The fourth-order valence-corrected chi connectivity index (χ4v) is 2.80. The zero-order valence-corrected chi connectivity index (χ0v) is 14.9. The number of benzene rings is 1. The summed E-state index contributed by atoms with van der Waals surface area (Å²) in [4.78, 5) is 12.5. The lowest BCUT2D eigenvalue weighted by atomic mass is 9.82. The lowest BCUT2D eigenvalue weighted by molar-refractivity contribution is -0.101. The van der Waals surface area contributed by atoms with Gasteiger partial charge in [0.05, 0.1) is 24.9 Å². The Kier molecular flexibility index (Phi) is 6.77. The number of methoxy groups -OCH3 is 1. The fraction of sp³-hybridized carbons (Fsp3) is 0.611. The Labute approximate surface area is 151 Å². The number of nitrogens with one attached hydrogen (secondary N) is 1.